The van der Waals surface area contributed by atoms with E-state index in [9.17, 15) is 10.1 Å². The number of hydrogen-bond acceptors (Lipinski definition) is 4. The average molecular weight is 316 g/mol. The molecule has 0 saturated heterocycles. The van der Waals surface area contributed by atoms with Crippen LogP contribution in [-0.4, -0.2) is 20.3 Å². The number of imidazole rings is 1. The summed E-state index contributed by atoms with van der Waals surface area (Å²) in [5, 5.41) is 9.31. The summed E-state index contributed by atoms with van der Waals surface area (Å²) in [5.74, 6) is 0.628. The number of pyridine rings is 1. The number of carbonyl (C=O) groups is 1. The van der Waals surface area contributed by atoms with E-state index < -0.39 is 0 Å². The Morgan fingerprint density at radius 2 is 2.04 bits per heavy atom. The largest absolute Gasteiger partial charge is 0.317 e. The summed E-state index contributed by atoms with van der Waals surface area (Å²) in [6.07, 6.45) is 3.42. The van der Waals surface area contributed by atoms with Crippen LogP contribution in [0.15, 0.2) is 48.8 Å². The second-order valence-corrected chi connectivity index (χ2v) is 5.52. The van der Waals surface area contributed by atoms with Crippen molar-refractivity contribution >= 4 is 5.78 Å². The van der Waals surface area contributed by atoms with Gasteiger partial charge in [-0.3, -0.25) is 9.78 Å². The first kappa shape index (κ1) is 15.6. The minimum Gasteiger partial charge on any atom is -0.317 e. The lowest BCUT2D eigenvalue weighted by Crippen LogP contribution is -2.11. The Labute approximate surface area is 140 Å². The molecule has 1 aromatic carbocycles. The highest BCUT2D eigenvalue weighted by molar-refractivity contribution is 5.94. The maximum absolute atomic E-state index is 12.1. The van der Waals surface area contributed by atoms with E-state index in [0.29, 0.717) is 29.3 Å². The molecule has 0 aliphatic carbocycles. The second-order valence-electron chi connectivity index (χ2n) is 5.52. The maximum atomic E-state index is 12.1. The number of rotatable bonds is 4. The third-order valence-corrected chi connectivity index (χ3v) is 3.86. The van der Waals surface area contributed by atoms with Gasteiger partial charge in [-0.05, 0) is 30.7 Å². The Kier molecular flexibility index (Phi) is 4.21. The molecule has 118 valence electrons. The zero-order valence-electron chi connectivity index (χ0n) is 13.5. The Bertz CT molecular complexity index is 936. The van der Waals surface area contributed by atoms with E-state index in [-0.39, 0.29) is 5.78 Å². The van der Waals surface area contributed by atoms with Gasteiger partial charge in [-0.1, -0.05) is 18.2 Å². The second kappa shape index (κ2) is 6.47. The van der Waals surface area contributed by atoms with E-state index in [2.05, 4.69) is 16.0 Å². The van der Waals surface area contributed by atoms with E-state index in [4.69, 9.17) is 0 Å². The number of aromatic nitrogens is 3. The molecule has 0 fully saturated rings. The Morgan fingerprint density at radius 1 is 1.25 bits per heavy atom. The first-order valence-electron chi connectivity index (χ1n) is 7.58. The Balaban J connectivity index is 2.18. The van der Waals surface area contributed by atoms with Gasteiger partial charge < -0.3 is 4.57 Å². The number of aryl methyl sites for hydroxylation is 1. The summed E-state index contributed by atoms with van der Waals surface area (Å²) in [5.41, 5.74) is 3.51. The highest BCUT2D eigenvalue weighted by Gasteiger charge is 2.20. The number of Topliss-reactive ketones (excluding diaryl/α,β-unsaturated/α-hetero) is 1. The molecule has 5 nitrogen and oxygen atoms in total. The third-order valence-electron chi connectivity index (χ3n) is 3.86. The number of benzene rings is 1. The van der Waals surface area contributed by atoms with Gasteiger partial charge in [0, 0.05) is 24.9 Å². The summed E-state index contributed by atoms with van der Waals surface area (Å²) in [7, 11) is 0. The number of hydrogen-bond donors (Lipinski definition) is 0. The fourth-order valence-electron chi connectivity index (χ4n) is 2.83. The molecular formula is C19H16N4O. The topological polar surface area (TPSA) is 71.6 Å². The summed E-state index contributed by atoms with van der Waals surface area (Å²) in [6, 6.07) is 13.3. The predicted molar refractivity (Wildman–Crippen MR) is 90.5 cm³/mol. The lowest BCUT2D eigenvalue weighted by Gasteiger charge is -2.12. The fourth-order valence-corrected chi connectivity index (χ4v) is 2.83. The molecule has 0 saturated carbocycles. The summed E-state index contributed by atoms with van der Waals surface area (Å²) in [4.78, 5) is 20.8. The van der Waals surface area contributed by atoms with Gasteiger partial charge in [-0.25, -0.2) is 4.98 Å². The van der Waals surface area contributed by atoms with Crippen LogP contribution in [0.2, 0.25) is 0 Å². The molecule has 0 radical (unpaired) electrons. The van der Waals surface area contributed by atoms with Crippen molar-refractivity contribution in [2.24, 2.45) is 0 Å². The maximum Gasteiger partial charge on any atom is 0.178 e. The van der Waals surface area contributed by atoms with Crippen molar-refractivity contribution in [1.82, 2.24) is 14.5 Å². The molecule has 24 heavy (non-hydrogen) atoms. The van der Waals surface area contributed by atoms with Crippen LogP contribution in [-0.2, 0) is 6.54 Å². The monoisotopic (exact) mass is 316 g/mol. The zero-order chi connectivity index (χ0) is 17.1. The van der Waals surface area contributed by atoms with Crippen molar-refractivity contribution in [1.29, 1.82) is 5.26 Å². The number of nitriles is 1. The number of nitrogens with zero attached hydrogens (tertiary/aromatic N) is 4. The minimum atomic E-state index is -0.0513. The molecular weight excluding hydrogens is 300 g/mol. The molecule has 0 atom stereocenters. The van der Waals surface area contributed by atoms with Crippen LogP contribution in [0, 0.1) is 18.3 Å². The molecule has 0 aliphatic rings. The lowest BCUT2D eigenvalue weighted by molar-refractivity contribution is 0.100. The molecule has 0 amide bonds. The molecule has 0 unspecified atom stereocenters. The van der Waals surface area contributed by atoms with E-state index in [1.807, 2.05) is 41.8 Å². The van der Waals surface area contributed by atoms with Crippen LogP contribution in [0.25, 0.3) is 11.4 Å². The Hall–Kier alpha value is -3.26. The first-order valence-corrected chi connectivity index (χ1v) is 7.58. The standard InChI is InChI=1S/C19H16N4O/c1-13-18(14(2)24)23(12-17-7-4-3-6-15(17)10-20)19(22-13)16-8-5-9-21-11-16/h3-9,11H,12H2,1-2H3. The Morgan fingerprint density at radius 3 is 2.71 bits per heavy atom. The van der Waals surface area contributed by atoms with Crippen LogP contribution in [0.1, 0.15) is 34.2 Å². The van der Waals surface area contributed by atoms with Gasteiger partial charge in [-0.2, -0.15) is 5.26 Å². The summed E-state index contributed by atoms with van der Waals surface area (Å²) in [6.45, 7) is 3.76. The van der Waals surface area contributed by atoms with Crippen LogP contribution < -0.4 is 0 Å². The van der Waals surface area contributed by atoms with Gasteiger partial charge in [0.2, 0.25) is 0 Å². The van der Waals surface area contributed by atoms with Gasteiger partial charge >= 0.3 is 0 Å². The quantitative estimate of drug-likeness (QED) is 0.692. The van der Waals surface area contributed by atoms with Gasteiger partial charge in [0.25, 0.3) is 0 Å². The smallest absolute Gasteiger partial charge is 0.178 e. The van der Waals surface area contributed by atoms with E-state index >= 15 is 0 Å². The van der Waals surface area contributed by atoms with Crippen molar-refractivity contribution in [3.63, 3.8) is 0 Å². The van der Waals surface area contributed by atoms with Crippen molar-refractivity contribution in [3.8, 4) is 17.5 Å². The molecule has 2 aromatic heterocycles. The van der Waals surface area contributed by atoms with Crippen molar-refractivity contribution in [2.45, 2.75) is 20.4 Å². The van der Waals surface area contributed by atoms with Gasteiger partial charge in [-0.15, -0.1) is 0 Å². The summed E-state index contributed by atoms with van der Waals surface area (Å²) >= 11 is 0. The van der Waals surface area contributed by atoms with Gasteiger partial charge in [0.15, 0.2) is 5.78 Å². The molecule has 0 N–H and O–H groups in total. The highest BCUT2D eigenvalue weighted by Crippen LogP contribution is 2.24. The average Bonchev–Trinajstić information content (AvgIpc) is 2.92. The number of ketones is 1. The molecule has 0 bridgehead atoms. The summed E-state index contributed by atoms with van der Waals surface area (Å²) < 4.78 is 1.87. The van der Waals surface area contributed by atoms with Crippen molar-refractivity contribution < 1.29 is 4.79 Å². The molecule has 2 heterocycles. The van der Waals surface area contributed by atoms with Crippen LogP contribution >= 0.6 is 0 Å². The first-order chi connectivity index (χ1) is 11.6. The normalized spacial score (nSPS) is 10.4. The minimum absolute atomic E-state index is 0.0513. The van der Waals surface area contributed by atoms with Gasteiger partial charge in [0.05, 0.1) is 23.9 Å². The van der Waals surface area contributed by atoms with Crippen molar-refractivity contribution in [3.05, 3.63) is 71.3 Å². The van der Waals surface area contributed by atoms with Crippen LogP contribution in [0.3, 0.4) is 0 Å². The predicted octanol–water partition coefficient (Wildman–Crippen LogP) is 3.38. The molecule has 0 spiro atoms. The van der Waals surface area contributed by atoms with E-state index in [1.165, 1.54) is 6.92 Å². The molecule has 5 heteroatoms. The molecule has 3 rings (SSSR count). The van der Waals surface area contributed by atoms with Gasteiger partial charge in [0.1, 0.15) is 11.5 Å². The van der Waals surface area contributed by atoms with Crippen LogP contribution in [0.4, 0.5) is 0 Å². The highest BCUT2D eigenvalue weighted by atomic mass is 16.1. The lowest BCUT2D eigenvalue weighted by atomic mass is 10.1. The third kappa shape index (κ3) is 2.82. The van der Waals surface area contributed by atoms with E-state index in [1.54, 1.807) is 18.5 Å². The number of carbonyl (C=O) groups excluding carboxylic acids is 1. The van der Waals surface area contributed by atoms with Crippen LogP contribution in [0.5, 0.6) is 0 Å². The molecule has 0 aliphatic heterocycles. The molecule has 3 aromatic rings. The van der Waals surface area contributed by atoms with Crippen molar-refractivity contribution in [2.75, 3.05) is 0 Å². The fraction of sp³-hybridized carbons (Fsp3) is 0.158. The SMILES string of the molecule is CC(=O)c1c(C)nc(-c2cccnc2)n1Cc1ccccc1C#N. The zero-order valence-corrected chi connectivity index (χ0v) is 13.5. The van der Waals surface area contributed by atoms with E-state index in [0.717, 1.165) is 11.1 Å².